The lowest BCUT2D eigenvalue weighted by atomic mass is 10.3. The van der Waals surface area contributed by atoms with Gasteiger partial charge in [-0.25, -0.2) is 9.67 Å². The van der Waals surface area contributed by atoms with Gasteiger partial charge in [-0.1, -0.05) is 17.3 Å². The van der Waals surface area contributed by atoms with E-state index in [1.54, 1.807) is 4.68 Å². The van der Waals surface area contributed by atoms with Crippen molar-refractivity contribution in [2.45, 2.75) is 20.0 Å². The van der Waals surface area contributed by atoms with Crippen LogP contribution in [0.3, 0.4) is 0 Å². The van der Waals surface area contributed by atoms with Gasteiger partial charge in [-0.15, -0.1) is 10.6 Å². The Morgan fingerprint density at radius 2 is 2.12 bits per heavy atom. The van der Waals surface area contributed by atoms with E-state index in [9.17, 15) is 0 Å². The molecule has 1 aromatic heterocycles. The van der Waals surface area contributed by atoms with Gasteiger partial charge < -0.3 is 4.84 Å². The van der Waals surface area contributed by atoms with Crippen molar-refractivity contribution in [3.8, 4) is 0 Å². The van der Waals surface area contributed by atoms with Crippen molar-refractivity contribution in [1.82, 2.24) is 20.5 Å². The molecule has 6 heteroatoms. The molecule has 0 saturated heterocycles. The Balaban J connectivity index is 0.000000136. The summed E-state index contributed by atoms with van der Waals surface area (Å²) in [5.41, 5.74) is 4.69. The standard InChI is InChI=1S/C7H7N3.C4H8N2O/c1-10-7-5-3-2-4-6(7)8-9-10;1-3-5-4(2)7-6-3/h2-5H,1H3;3,6H,1-2H3. The smallest absolute Gasteiger partial charge is 0.207 e. The first-order chi connectivity index (χ1) is 8.16. The first kappa shape index (κ1) is 11.5. The number of para-hydroxylation sites is 1. The van der Waals surface area contributed by atoms with Crippen LogP contribution in [0, 0.1) is 0 Å². The van der Waals surface area contributed by atoms with Gasteiger partial charge in [-0.2, -0.15) is 0 Å². The lowest BCUT2D eigenvalue weighted by molar-refractivity contribution is 0.184. The second-order valence-electron chi connectivity index (χ2n) is 3.75. The number of hydrogen-bond donors (Lipinski definition) is 1. The number of aryl methyl sites for hydroxylation is 1. The lowest BCUT2D eigenvalue weighted by Crippen LogP contribution is -2.16. The van der Waals surface area contributed by atoms with Gasteiger partial charge in [-0.3, -0.25) is 0 Å². The number of nitrogens with zero attached hydrogens (tertiary/aromatic N) is 4. The van der Waals surface area contributed by atoms with Crippen molar-refractivity contribution in [3.05, 3.63) is 24.3 Å². The molecule has 1 aliphatic rings. The van der Waals surface area contributed by atoms with Gasteiger partial charge in [0.25, 0.3) is 0 Å². The molecule has 1 N–H and O–H groups in total. The van der Waals surface area contributed by atoms with Crippen molar-refractivity contribution in [2.75, 3.05) is 0 Å². The minimum absolute atomic E-state index is 0.139. The topological polar surface area (TPSA) is 64.3 Å². The fourth-order valence-electron chi connectivity index (χ4n) is 1.48. The fraction of sp³-hybridized carbons (Fsp3) is 0.364. The number of hydrogen-bond acceptors (Lipinski definition) is 5. The summed E-state index contributed by atoms with van der Waals surface area (Å²) in [4.78, 5) is 8.74. The van der Waals surface area contributed by atoms with Gasteiger partial charge in [0.15, 0.2) is 0 Å². The zero-order valence-corrected chi connectivity index (χ0v) is 10.1. The largest absolute Gasteiger partial charge is 0.392 e. The van der Waals surface area contributed by atoms with Crippen LogP contribution < -0.4 is 5.48 Å². The Kier molecular flexibility index (Phi) is 3.34. The Hall–Kier alpha value is -1.95. The molecule has 2 aromatic rings. The highest BCUT2D eigenvalue weighted by molar-refractivity contribution is 5.74. The zero-order chi connectivity index (χ0) is 12.3. The van der Waals surface area contributed by atoms with Crippen molar-refractivity contribution in [2.24, 2.45) is 12.0 Å². The Morgan fingerprint density at radius 3 is 2.65 bits per heavy atom. The van der Waals surface area contributed by atoms with Crippen LogP contribution in [0.15, 0.2) is 29.3 Å². The third-order valence-electron chi connectivity index (χ3n) is 2.27. The van der Waals surface area contributed by atoms with Crippen molar-refractivity contribution >= 4 is 16.9 Å². The normalized spacial score (nSPS) is 18.3. The fourth-order valence-corrected chi connectivity index (χ4v) is 1.48. The van der Waals surface area contributed by atoms with Crippen LogP contribution >= 0.6 is 0 Å². The maximum absolute atomic E-state index is 4.77. The molecule has 90 valence electrons. The summed E-state index contributed by atoms with van der Waals surface area (Å²) in [5, 5.41) is 7.79. The molecule has 1 unspecified atom stereocenters. The summed E-state index contributed by atoms with van der Waals surface area (Å²) in [7, 11) is 1.88. The van der Waals surface area contributed by atoms with Crippen molar-refractivity contribution < 1.29 is 4.84 Å². The van der Waals surface area contributed by atoms with E-state index >= 15 is 0 Å². The highest BCUT2D eigenvalue weighted by Gasteiger charge is 2.06. The first-order valence-electron chi connectivity index (χ1n) is 5.38. The van der Waals surface area contributed by atoms with Crippen molar-refractivity contribution in [3.63, 3.8) is 0 Å². The van der Waals surface area contributed by atoms with Gasteiger partial charge >= 0.3 is 0 Å². The van der Waals surface area contributed by atoms with Crippen LogP contribution in [0.1, 0.15) is 13.8 Å². The molecule has 0 saturated carbocycles. The summed E-state index contributed by atoms with van der Waals surface area (Å²) in [6.07, 6.45) is 0.139. The van der Waals surface area contributed by atoms with Crippen LogP contribution in [0.5, 0.6) is 0 Å². The van der Waals surface area contributed by atoms with E-state index in [0.29, 0.717) is 5.90 Å². The van der Waals surface area contributed by atoms with Crippen LogP contribution in [0.25, 0.3) is 11.0 Å². The molecule has 0 spiro atoms. The van der Waals surface area contributed by atoms with E-state index in [4.69, 9.17) is 4.84 Å². The number of fused-ring (bicyclic) bond motifs is 1. The van der Waals surface area contributed by atoms with Crippen LogP contribution in [0.2, 0.25) is 0 Å². The number of aromatic nitrogens is 3. The molecule has 0 bridgehead atoms. The molecule has 6 nitrogen and oxygen atoms in total. The zero-order valence-electron chi connectivity index (χ0n) is 10.1. The number of nitrogens with one attached hydrogen (secondary N) is 1. The number of aliphatic imine (C=N–C) groups is 1. The monoisotopic (exact) mass is 233 g/mol. The molecule has 0 radical (unpaired) electrons. The molecule has 1 aliphatic heterocycles. The predicted molar refractivity (Wildman–Crippen MR) is 65.3 cm³/mol. The number of rotatable bonds is 0. The average molecular weight is 233 g/mol. The summed E-state index contributed by atoms with van der Waals surface area (Å²) >= 11 is 0. The van der Waals surface area contributed by atoms with Gasteiger partial charge in [0.2, 0.25) is 5.90 Å². The molecule has 3 rings (SSSR count). The second kappa shape index (κ2) is 4.92. The van der Waals surface area contributed by atoms with E-state index in [1.165, 1.54) is 0 Å². The van der Waals surface area contributed by atoms with Gasteiger partial charge in [-0.05, 0) is 19.1 Å². The summed E-state index contributed by atoms with van der Waals surface area (Å²) in [6.45, 7) is 3.74. The van der Waals surface area contributed by atoms with E-state index in [2.05, 4.69) is 20.8 Å². The SMILES string of the molecule is CC1=NC(C)NO1.Cn1nnc2ccccc21. The number of benzene rings is 1. The molecule has 1 aromatic carbocycles. The second-order valence-corrected chi connectivity index (χ2v) is 3.75. The molecule has 1 atom stereocenters. The van der Waals surface area contributed by atoms with Crippen LogP contribution in [-0.2, 0) is 11.9 Å². The molecule has 2 heterocycles. The van der Waals surface area contributed by atoms with Gasteiger partial charge in [0, 0.05) is 14.0 Å². The van der Waals surface area contributed by atoms with Crippen molar-refractivity contribution in [1.29, 1.82) is 0 Å². The lowest BCUT2D eigenvalue weighted by Gasteiger charge is -1.93. The third kappa shape index (κ3) is 2.79. The highest BCUT2D eigenvalue weighted by atomic mass is 16.7. The maximum Gasteiger partial charge on any atom is 0.207 e. The van der Waals surface area contributed by atoms with E-state index in [-0.39, 0.29) is 6.17 Å². The highest BCUT2D eigenvalue weighted by Crippen LogP contribution is 2.06. The van der Waals surface area contributed by atoms with Gasteiger partial charge in [0.05, 0.1) is 5.52 Å². The van der Waals surface area contributed by atoms with Crippen LogP contribution in [-0.4, -0.2) is 27.1 Å². The molecule has 17 heavy (non-hydrogen) atoms. The van der Waals surface area contributed by atoms with Crippen LogP contribution in [0.4, 0.5) is 0 Å². The molecule has 0 amide bonds. The molecular weight excluding hydrogens is 218 g/mol. The molecule has 0 aliphatic carbocycles. The average Bonchev–Trinajstić information content (AvgIpc) is 2.88. The van der Waals surface area contributed by atoms with E-state index < -0.39 is 0 Å². The minimum atomic E-state index is 0.139. The van der Waals surface area contributed by atoms with E-state index in [1.807, 2.05) is 45.2 Å². The summed E-state index contributed by atoms with van der Waals surface area (Å²) < 4.78 is 1.76. The van der Waals surface area contributed by atoms with E-state index in [0.717, 1.165) is 11.0 Å². The maximum atomic E-state index is 4.77. The van der Waals surface area contributed by atoms with Gasteiger partial charge in [0.1, 0.15) is 11.7 Å². The first-order valence-corrected chi connectivity index (χ1v) is 5.38. The third-order valence-corrected chi connectivity index (χ3v) is 2.27. The summed E-state index contributed by atoms with van der Waals surface area (Å²) in [5.74, 6) is 0.715. The Bertz CT molecular complexity index is 533. The Labute approximate surface area is 99.2 Å². The Morgan fingerprint density at radius 1 is 1.35 bits per heavy atom. The minimum Gasteiger partial charge on any atom is -0.392 e. The molecular formula is C11H15N5O. The predicted octanol–water partition coefficient (Wildman–Crippen LogP) is 1.25. The summed E-state index contributed by atoms with van der Waals surface area (Å²) in [6, 6.07) is 7.88. The quantitative estimate of drug-likeness (QED) is 0.744. The number of hydroxylamine groups is 1. The molecule has 0 fully saturated rings.